The summed E-state index contributed by atoms with van der Waals surface area (Å²) >= 11 is 0. The highest BCUT2D eigenvalue weighted by Gasteiger charge is 2.36. The summed E-state index contributed by atoms with van der Waals surface area (Å²) in [6, 6.07) is 4.07. The fraction of sp³-hybridized carbons (Fsp3) is 0.359. The maximum atomic E-state index is 13.7. The Kier molecular flexibility index (Phi) is 11.0. The monoisotopic (exact) mass is 725 g/mol. The van der Waals surface area contributed by atoms with Crippen LogP contribution in [0.2, 0.25) is 0 Å². The zero-order valence-corrected chi connectivity index (χ0v) is 30.2. The van der Waals surface area contributed by atoms with Gasteiger partial charge < -0.3 is 35.7 Å². The molecule has 3 aromatic rings. The van der Waals surface area contributed by atoms with Crippen LogP contribution in [0.1, 0.15) is 109 Å². The van der Waals surface area contributed by atoms with Crippen molar-refractivity contribution >= 4 is 69.1 Å². The number of aliphatic carboxylic acids is 4. The highest BCUT2D eigenvalue weighted by molar-refractivity contribution is 6.24. The number of hydrogen-bond acceptors (Lipinski definition) is 7. The third-order valence-corrected chi connectivity index (χ3v) is 10.2. The number of carbonyl (C=O) groups excluding carboxylic acids is 1. The molecule has 0 unspecified atom stereocenters. The number of fused-ring (bicyclic) bond motifs is 8. The summed E-state index contributed by atoms with van der Waals surface area (Å²) in [5, 5.41) is 41.6. The molecule has 0 aromatic carbocycles. The minimum absolute atomic E-state index is 0.0474. The molecular weight excluding hydrogens is 682 g/mol. The molecule has 1 amide bonds. The van der Waals surface area contributed by atoms with Crippen molar-refractivity contribution in [1.82, 2.24) is 25.3 Å². The standard InChI is InChI=1S/C39H43N5O9/c1-7-21-17(3)26-14-28-19(5)23(9-11-33(46)47)36(43-28)24(13-32(45)42-25(38(50)51)10-12-34(48)49)37-35(39(52)53)20(6)29(44-37)16-31-22(8-2)18(4)27(41-31)15-30(21)40-26/h7,14-16,19,23,25,40-41H,1,8-13H2,2-6H3,(H,42,45)(H,46,47)(H,48,49)(H,50,51)(H,52,53)/t19-,23-,25-/m0/s1. The largest absolute Gasteiger partial charge is 0.481 e. The van der Waals surface area contributed by atoms with E-state index in [9.17, 15) is 39.3 Å². The van der Waals surface area contributed by atoms with Gasteiger partial charge in [0, 0.05) is 63.6 Å². The fourth-order valence-corrected chi connectivity index (χ4v) is 7.31. The second kappa shape index (κ2) is 15.3. The van der Waals surface area contributed by atoms with Crippen LogP contribution in [0.25, 0.3) is 39.3 Å². The van der Waals surface area contributed by atoms with Gasteiger partial charge in [0.25, 0.3) is 0 Å². The number of hydrogen-bond donors (Lipinski definition) is 7. The van der Waals surface area contributed by atoms with Crippen molar-refractivity contribution in [3.63, 3.8) is 0 Å². The number of carbonyl (C=O) groups is 5. The molecule has 0 fully saturated rings. The van der Waals surface area contributed by atoms with Gasteiger partial charge in [-0.3, -0.25) is 19.4 Å². The van der Waals surface area contributed by atoms with Gasteiger partial charge in [-0.25, -0.2) is 14.6 Å². The zero-order chi connectivity index (χ0) is 38.9. The average molecular weight is 726 g/mol. The third kappa shape index (κ3) is 7.62. The lowest BCUT2D eigenvalue weighted by Crippen LogP contribution is -2.42. The quantitative estimate of drug-likeness (QED) is 0.110. The predicted molar refractivity (Wildman–Crippen MR) is 198 cm³/mol. The smallest absolute Gasteiger partial charge is 0.338 e. The molecule has 278 valence electrons. The van der Waals surface area contributed by atoms with Gasteiger partial charge in [-0.1, -0.05) is 26.5 Å². The third-order valence-electron chi connectivity index (χ3n) is 10.2. The molecule has 0 aliphatic carbocycles. The van der Waals surface area contributed by atoms with Gasteiger partial charge in [0.05, 0.1) is 29.1 Å². The molecule has 14 nitrogen and oxygen atoms in total. The topological polar surface area (TPSA) is 236 Å². The summed E-state index contributed by atoms with van der Waals surface area (Å²) in [5.41, 5.74) is 8.16. The van der Waals surface area contributed by atoms with Crippen LogP contribution >= 0.6 is 0 Å². The van der Waals surface area contributed by atoms with Crippen LogP contribution < -0.4 is 5.32 Å². The number of nitrogens with zero attached hydrogens (tertiary/aromatic N) is 2. The summed E-state index contributed by atoms with van der Waals surface area (Å²) in [5.74, 6) is -6.85. The van der Waals surface area contributed by atoms with Gasteiger partial charge in [-0.15, -0.1) is 0 Å². The maximum Gasteiger partial charge on any atom is 0.338 e. The van der Waals surface area contributed by atoms with Crippen LogP contribution in [0, 0.1) is 13.8 Å². The first-order valence-electron chi connectivity index (χ1n) is 17.3. The van der Waals surface area contributed by atoms with Crippen LogP contribution in [-0.2, 0) is 36.8 Å². The van der Waals surface area contributed by atoms with E-state index in [1.807, 2.05) is 39.8 Å². The molecule has 0 saturated carbocycles. The Bertz CT molecular complexity index is 2260. The number of amides is 1. The molecule has 8 bridgehead atoms. The van der Waals surface area contributed by atoms with E-state index in [4.69, 9.17) is 15.1 Å². The van der Waals surface area contributed by atoms with Crippen molar-refractivity contribution in [3.05, 3.63) is 75.4 Å². The molecule has 3 aromatic heterocycles. The van der Waals surface area contributed by atoms with Crippen LogP contribution in [0.3, 0.4) is 0 Å². The highest BCUT2D eigenvalue weighted by atomic mass is 16.4. The van der Waals surface area contributed by atoms with Crippen molar-refractivity contribution in [2.75, 3.05) is 0 Å². The molecule has 0 saturated heterocycles. The lowest BCUT2D eigenvalue weighted by atomic mass is 9.84. The first-order valence-corrected chi connectivity index (χ1v) is 17.3. The number of H-pyrrole nitrogens is 2. The van der Waals surface area contributed by atoms with E-state index in [1.54, 1.807) is 19.1 Å². The van der Waals surface area contributed by atoms with Gasteiger partial charge in [-0.05, 0) is 80.5 Å². The summed E-state index contributed by atoms with van der Waals surface area (Å²) in [6.07, 6.45) is 0.803. The van der Waals surface area contributed by atoms with Crippen LogP contribution in [0.4, 0.5) is 0 Å². The average Bonchev–Trinajstić information content (AvgIpc) is 3.77. The number of carboxylic acid groups (broad SMARTS) is 4. The number of allylic oxidation sites excluding steroid dienone is 1. The summed E-state index contributed by atoms with van der Waals surface area (Å²) in [4.78, 5) is 78.6. The second-order valence-corrected chi connectivity index (χ2v) is 13.5. The van der Waals surface area contributed by atoms with E-state index < -0.39 is 60.5 Å². The zero-order valence-electron chi connectivity index (χ0n) is 30.2. The SMILES string of the molecule is C=Cc1c(C)c2cc3nc(c(CC(=O)N[C@@H](CCC(=O)O)C(=O)O)c4nc(cc5[nH]c(cc1[nH]2)c(C)c5CC)C(C)=C4C(=O)O)[C@@H](CCC(=O)O)[C@@H]3C. The van der Waals surface area contributed by atoms with E-state index in [-0.39, 0.29) is 41.8 Å². The maximum absolute atomic E-state index is 13.7. The van der Waals surface area contributed by atoms with Crippen molar-refractivity contribution in [1.29, 1.82) is 0 Å². The first kappa shape index (κ1) is 38.2. The second-order valence-electron chi connectivity index (χ2n) is 13.5. The normalized spacial score (nSPS) is 15.9. The van der Waals surface area contributed by atoms with Crippen LogP contribution in [0.15, 0.2) is 24.8 Å². The minimum Gasteiger partial charge on any atom is -0.481 e. The lowest BCUT2D eigenvalue weighted by Gasteiger charge is -2.19. The fourth-order valence-electron chi connectivity index (χ4n) is 7.31. The number of rotatable bonds is 13. The van der Waals surface area contributed by atoms with Crippen molar-refractivity contribution in [2.45, 2.75) is 91.0 Å². The number of aryl methyl sites for hydroxylation is 3. The van der Waals surface area contributed by atoms with E-state index in [1.165, 1.54) is 0 Å². The number of nitrogens with one attached hydrogen (secondary N) is 3. The van der Waals surface area contributed by atoms with E-state index >= 15 is 0 Å². The Hall–Kier alpha value is -6.05. The molecule has 7 N–H and O–H groups in total. The van der Waals surface area contributed by atoms with Gasteiger partial charge in [-0.2, -0.15) is 0 Å². The van der Waals surface area contributed by atoms with Gasteiger partial charge >= 0.3 is 23.9 Å². The molecule has 2 aliphatic heterocycles. The lowest BCUT2D eigenvalue weighted by molar-refractivity contribution is -0.143. The predicted octanol–water partition coefficient (Wildman–Crippen LogP) is 5.88. The van der Waals surface area contributed by atoms with Gasteiger partial charge in [0.15, 0.2) is 0 Å². The molecule has 53 heavy (non-hydrogen) atoms. The Labute approximate surface area is 304 Å². The Morgan fingerprint density at radius 3 is 2.15 bits per heavy atom. The Balaban J connectivity index is 1.93. The Morgan fingerprint density at radius 2 is 1.55 bits per heavy atom. The Morgan fingerprint density at radius 1 is 0.887 bits per heavy atom. The van der Waals surface area contributed by atoms with Crippen molar-refractivity contribution in [2.24, 2.45) is 0 Å². The number of carboxylic acids is 4. The van der Waals surface area contributed by atoms with E-state index in [0.717, 1.165) is 38.8 Å². The molecule has 5 heterocycles. The molecule has 0 spiro atoms. The summed E-state index contributed by atoms with van der Waals surface area (Å²) in [7, 11) is 0. The van der Waals surface area contributed by atoms with Crippen molar-refractivity contribution < 1.29 is 44.4 Å². The highest BCUT2D eigenvalue weighted by Crippen LogP contribution is 2.43. The minimum atomic E-state index is -1.54. The van der Waals surface area contributed by atoms with E-state index in [0.29, 0.717) is 28.9 Å². The molecule has 3 atom stereocenters. The number of aromatic amines is 2. The molecule has 5 rings (SSSR count). The van der Waals surface area contributed by atoms with Crippen LogP contribution in [-0.4, -0.2) is 76.2 Å². The molecule has 0 radical (unpaired) electrons. The van der Waals surface area contributed by atoms with Gasteiger partial charge in [0.1, 0.15) is 6.04 Å². The molecule has 14 heteroatoms. The summed E-state index contributed by atoms with van der Waals surface area (Å²) < 4.78 is 0. The van der Waals surface area contributed by atoms with Crippen molar-refractivity contribution in [3.8, 4) is 0 Å². The van der Waals surface area contributed by atoms with Gasteiger partial charge in [0.2, 0.25) is 5.91 Å². The van der Waals surface area contributed by atoms with E-state index in [2.05, 4.69) is 21.9 Å². The first-order chi connectivity index (χ1) is 25.1. The van der Waals surface area contributed by atoms with Crippen LogP contribution in [0.5, 0.6) is 0 Å². The molecule has 2 aliphatic rings. The molecular formula is C39H43N5O9. The summed E-state index contributed by atoms with van der Waals surface area (Å²) in [6.45, 7) is 13.5. The number of aromatic nitrogens is 4.